The minimum Gasteiger partial charge on any atom is -0.478 e. The van der Waals surface area contributed by atoms with Crippen molar-refractivity contribution in [2.45, 2.75) is 19.4 Å². The molecule has 0 aliphatic carbocycles. The average Bonchev–Trinajstić information content (AvgIpc) is 2.54. The molecule has 0 spiro atoms. The van der Waals surface area contributed by atoms with Crippen molar-refractivity contribution in [2.75, 3.05) is 0 Å². The van der Waals surface area contributed by atoms with Crippen LogP contribution in [-0.2, 0) is 4.79 Å². The van der Waals surface area contributed by atoms with E-state index in [1.165, 1.54) is 0 Å². The largest absolute Gasteiger partial charge is 0.478 e. The number of amides is 1. The first kappa shape index (κ1) is 17.1. The molecule has 2 N–H and O–H groups in total. The summed E-state index contributed by atoms with van der Waals surface area (Å²) in [5.41, 5.74) is 3.19. The standard InChI is InChI=1S/C18H18ClNO3/c1-12(13-4-8-15(19)9-5-13)14-6-10-16(11-7-14)23-18(2,3)17(21)20-22/h4-11,22H,1H2,2-3H3,(H,20,21). The molecule has 0 aliphatic heterocycles. The van der Waals surface area contributed by atoms with Gasteiger partial charge in [-0.2, -0.15) is 0 Å². The summed E-state index contributed by atoms with van der Waals surface area (Å²) in [6.45, 7) is 7.23. The third kappa shape index (κ3) is 4.12. The van der Waals surface area contributed by atoms with Gasteiger partial charge in [-0.25, -0.2) is 5.48 Å². The molecule has 0 heterocycles. The highest BCUT2D eigenvalue weighted by molar-refractivity contribution is 6.30. The molecule has 4 nitrogen and oxygen atoms in total. The van der Waals surface area contributed by atoms with Crippen molar-refractivity contribution < 1.29 is 14.7 Å². The molecule has 0 unspecified atom stereocenters. The SMILES string of the molecule is C=C(c1ccc(Cl)cc1)c1ccc(OC(C)(C)C(=O)NO)cc1. The number of rotatable bonds is 5. The van der Waals surface area contributed by atoms with Gasteiger partial charge < -0.3 is 4.74 Å². The highest BCUT2D eigenvalue weighted by atomic mass is 35.5. The van der Waals surface area contributed by atoms with Crippen LogP contribution >= 0.6 is 11.6 Å². The zero-order chi connectivity index (χ0) is 17.0. The van der Waals surface area contributed by atoms with Crippen molar-refractivity contribution in [2.24, 2.45) is 0 Å². The Bertz CT molecular complexity index is 706. The van der Waals surface area contributed by atoms with E-state index in [9.17, 15) is 4.79 Å². The van der Waals surface area contributed by atoms with Gasteiger partial charge in [0.15, 0.2) is 5.60 Å². The lowest BCUT2D eigenvalue weighted by Gasteiger charge is -2.23. The van der Waals surface area contributed by atoms with Crippen LogP contribution in [-0.4, -0.2) is 16.7 Å². The highest BCUT2D eigenvalue weighted by Gasteiger charge is 2.29. The minimum atomic E-state index is -1.18. The zero-order valence-electron chi connectivity index (χ0n) is 13.0. The van der Waals surface area contributed by atoms with E-state index in [0.717, 1.165) is 16.7 Å². The smallest absolute Gasteiger partial charge is 0.286 e. The van der Waals surface area contributed by atoms with Crippen LogP contribution in [0.5, 0.6) is 5.75 Å². The Labute approximate surface area is 140 Å². The number of ether oxygens (including phenoxy) is 1. The van der Waals surface area contributed by atoms with Crippen molar-refractivity contribution in [3.63, 3.8) is 0 Å². The Kier molecular flexibility index (Phi) is 5.08. The molecule has 0 atom stereocenters. The van der Waals surface area contributed by atoms with Crippen LogP contribution in [0.25, 0.3) is 5.57 Å². The summed E-state index contributed by atoms with van der Waals surface area (Å²) in [7, 11) is 0. The van der Waals surface area contributed by atoms with Gasteiger partial charge in [0.25, 0.3) is 5.91 Å². The topological polar surface area (TPSA) is 58.6 Å². The van der Waals surface area contributed by atoms with Gasteiger partial charge in [-0.15, -0.1) is 0 Å². The molecule has 0 aliphatic rings. The van der Waals surface area contributed by atoms with E-state index >= 15 is 0 Å². The van der Waals surface area contributed by atoms with E-state index < -0.39 is 11.5 Å². The van der Waals surface area contributed by atoms with Crippen LogP contribution in [0, 0.1) is 0 Å². The summed E-state index contributed by atoms with van der Waals surface area (Å²) in [5, 5.41) is 9.39. The van der Waals surface area contributed by atoms with Crippen molar-refractivity contribution >= 4 is 23.1 Å². The summed E-state index contributed by atoms with van der Waals surface area (Å²) in [6.07, 6.45) is 0. The van der Waals surface area contributed by atoms with Crippen molar-refractivity contribution in [3.05, 3.63) is 71.3 Å². The number of nitrogens with one attached hydrogen (secondary N) is 1. The van der Waals surface area contributed by atoms with Crippen LogP contribution in [0.15, 0.2) is 55.1 Å². The number of hydrogen-bond donors (Lipinski definition) is 2. The van der Waals surface area contributed by atoms with Crippen LogP contribution in [0.1, 0.15) is 25.0 Å². The monoisotopic (exact) mass is 331 g/mol. The maximum absolute atomic E-state index is 11.5. The Morgan fingerprint density at radius 3 is 2.04 bits per heavy atom. The average molecular weight is 332 g/mol. The van der Waals surface area contributed by atoms with Crippen molar-refractivity contribution in [3.8, 4) is 5.75 Å². The maximum Gasteiger partial charge on any atom is 0.286 e. The fourth-order valence-electron chi connectivity index (χ4n) is 2.02. The second kappa shape index (κ2) is 6.86. The third-order valence-corrected chi connectivity index (χ3v) is 3.67. The molecule has 23 heavy (non-hydrogen) atoms. The molecule has 2 aromatic carbocycles. The lowest BCUT2D eigenvalue weighted by Crippen LogP contribution is -2.45. The van der Waals surface area contributed by atoms with E-state index in [2.05, 4.69) is 6.58 Å². The molecule has 2 rings (SSSR count). The fourth-order valence-corrected chi connectivity index (χ4v) is 2.14. The second-order valence-electron chi connectivity index (χ2n) is 5.56. The fraction of sp³-hybridized carbons (Fsp3) is 0.167. The van der Waals surface area contributed by atoms with E-state index in [4.69, 9.17) is 21.5 Å². The van der Waals surface area contributed by atoms with Crippen LogP contribution < -0.4 is 10.2 Å². The maximum atomic E-state index is 11.5. The van der Waals surface area contributed by atoms with Crippen LogP contribution in [0.3, 0.4) is 0 Å². The van der Waals surface area contributed by atoms with Crippen molar-refractivity contribution in [1.29, 1.82) is 0 Å². The minimum absolute atomic E-state index is 0.520. The number of carbonyl (C=O) groups excluding carboxylic acids is 1. The van der Waals surface area contributed by atoms with Gasteiger partial charge in [-0.05, 0) is 54.8 Å². The summed E-state index contributed by atoms with van der Waals surface area (Å²) >= 11 is 5.89. The number of hydroxylamine groups is 1. The predicted molar refractivity (Wildman–Crippen MR) is 90.7 cm³/mol. The number of carbonyl (C=O) groups is 1. The molecule has 5 heteroatoms. The van der Waals surface area contributed by atoms with Crippen LogP contribution in [0.4, 0.5) is 0 Å². The van der Waals surface area contributed by atoms with Crippen molar-refractivity contribution in [1.82, 2.24) is 5.48 Å². The van der Waals surface area contributed by atoms with E-state index in [1.807, 2.05) is 36.4 Å². The molecular weight excluding hydrogens is 314 g/mol. The number of halogens is 1. The lowest BCUT2D eigenvalue weighted by molar-refractivity contribution is -0.143. The van der Waals surface area contributed by atoms with Gasteiger partial charge >= 0.3 is 0 Å². The lowest BCUT2D eigenvalue weighted by atomic mass is 9.99. The molecule has 0 saturated heterocycles. The van der Waals surface area contributed by atoms with E-state index in [0.29, 0.717) is 10.8 Å². The molecule has 0 radical (unpaired) electrons. The summed E-state index contributed by atoms with van der Waals surface area (Å²) in [6, 6.07) is 14.7. The van der Waals surface area contributed by atoms with Gasteiger partial charge in [0, 0.05) is 5.02 Å². The van der Waals surface area contributed by atoms with Gasteiger partial charge in [0.2, 0.25) is 0 Å². The molecular formula is C18H18ClNO3. The third-order valence-electron chi connectivity index (χ3n) is 3.42. The summed E-state index contributed by atoms with van der Waals surface area (Å²) in [5.74, 6) is -0.0987. The molecule has 1 amide bonds. The Hall–Kier alpha value is -2.30. The van der Waals surface area contributed by atoms with Gasteiger partial charge in [-0.3, -0.25) is 10.0 Å². The molecule has 0 aromatic heterocycles. The molecule has 0 fully saturated rings. The Morgan fingerprint density at radius 2 is 1.57 bits per heavy atom. The number of hydrogen-bond acceptors (Lipinski definition) is 3. The Morgan fingerprint density at radius 1 is 1.09 bits per heavy atom. The van der Waals surface area contributed by atoms with Gasteiger partial charge in [0.1, 0.15) is 5.75 Å². The molecule has 2 aromatic rings. The normalized spacial score (nSPS) is 11.0. The second-order valence-corrected chi connectivity index (χ2v) is 6.00. The zero-order valence-corrected chi connectivity index (χ0v) is 13.7. The molecule has 0 saturated carbocycles. The van der Waals surface area contributed by atoms with E-state index in [-0.39, 0.29) is 0 Å². The summed E-state index contributed by atoms with van der Waals surface area (Å²) in [4.78, 5) is 11.5. The van der Waals surface area contributed by atoms with Crippen LogP contribution in [0.2, 0.25) is 5.02 Å². The van der Waals surface area contributed by atoms with Gasteiger partial charge in [0.05, 0.1) is 0 Å². The molecule has 0 bridgehead atoms. The molecule has 120 valence electrons. The number of benzene rings is 2. The summed E-state index contributed by atoms with van der Waals surface area (Å²) < 4.78 is 5.59. The quantitative estimate of drug-likeness (QED) is 0.641. The first-order valence-corrected chi connectivity index (χ1v) is 7.40. The Balaban J connectivity index is 2.15. The first-order chi connectivity index (χ1) is 10.8. The van der Waals surface area contributed by atoms with E-state index in [1.54, 1.807) is 31.5 Å². The predicted octanol–water partition coefficient (Wildman–Crippen LogP) is 4.06. The van der Waals surface area contributed by atoms with Gasteiger partial charge in [-0.1, -0.05) is 42.4 Å². The highest BCUT2D eigenvalue weighted by Crippen LogP contribution is 2.26. The first-order valence-electron chi connectivity index (χ1n) is 7.02.